The summed E-state index contributed by atoms with van der Waals surface area (Å²) in [5, 5.41) is 0. The minimum absolute atomic E-state index is 0.736. The van der Waals surface area contributed by atoms with Gasteiger partial charge in [-0.05, 0) is 43.5 Å². The lowest BCUT2D eigenvalue weighted by atomic mass is 9.99. The zero-order valence-corrected chi connectivity index (χ0v) is 11.5. The van der Waals surface area contributed by atoms with Gasteiger partial charge in [-0.25, -0.2) is 0 Å². The summed E-state index contributed by atoms with van der Waals surface area (Å²) in [4.78, 5) is 2.59. The molecule has 0 aromatic heterocycles. The van der Waals surface area contributed by atoms with Crippen LogP contribution in [0.25, 0.3) is 0 Å². The minimum atomic E-state index is 0.736. The van der Waals surface area contributed by atoms with Gasteiger partial charge in [0, 0.05) is 12.6 Å². The second-order valence-corrected chi connectivity index (χ2v) is 5.10. The fourth-order valence-corrected chi connectivity index (χ4v) is 2.85. The van der Waals surface area contributed by atoms with E-state index in [9.17, 15) is 0 Å². The largest absolute Gasteiger partial charge is 0.495 e. The SMILES string of the molecule is CCC1CCCCN1Cc1ccc(OC)c(N)c1. The topological polar surface area (TPSA) is 38.5 Å². The van der Waals surface area contributed by atoms with E-state index in [0.717, 1.165) is 24.0 Å². The molecule has 0 spiro atoms. The van der Waals surface area contributed by atoms with E-state index in [2.05, 4.69) is 17.9 Å². The number of piperidine rings is 1. The van der Waals surface area contributed by atoms with Crippen molar-refractivity contribution in [1.82, 2.24) is 4.90 Å². The van der Waals surface area contributed by atoms with Crippen LogP contribution in [0.15, 0.2) is 18.2 Å². The summed E-state index contributed by atoms with van der Waals surface area (Å²) in [6, 6.07) is 6.87. The summed E-state index contributed by atoms with van der Waals surface area (Å²) in [7, 11) is 1.66. The Morgan fingerprint density at radius 1 is 1.39 bits per heavy atom. The lowest BCUT2D eigenvalue weighted by Crippen LogP contribution is -2.38. The number of nitrogens with two attached hydrogens (primary N) is 1. The van der Waals surface area contributed by atoms with Gasteiger partial charge in [-0.2, -0.15) is 0 Å². The van der Waals surface area contributed by atoms with Crippen molar-refractivity contribution in [3.63, 3.8) is 0 Å². The highest BCUT2D eigenvalue weighted by atomic mass is 16.5. The first kappa shape index (κ1) is 13.2. The Morgan fingerprint density at radius 3 is 2.89 bits per heavy atom. The molecule has 2 N–H and O–H groups in total. The van der Waals surface area contributed by atoms with Crippen LogP contribution in [0.3, 0.4) is 0 Å². The summed E-state index contributed by atoms with van der Waals surface area (Å²) in [5.74, 6) is 0.768. The molecule has 0 amide bonds. The number of hydrogen-bond donors (Lipinski definition) is 1. The summed E-state index contributed by atoms with van der Waals surface area (Å²) in [5.41, 5.74) is 7.98. The van der Waals surface area contributed by atoms with E-state index in [1.807, 2.05) is 12.1 Å². The van der Waals surface area contributed by atoms with Crippen molar-refractivity contribution in [3.05, 3.63) is 23.8 Å². The smallest absolute Gasteiger partial charge is 0.141 e. The van der Waals surface area contributed by atoms with Crippen LogP contribution in [0, 0.1) is 0 Å². The van der Waals surface area contributed by atoms with Crippen LogP contribution in [-0.4, -0.2) is 24.6 Å². The summed E-state index contributed by atoms with van der Waals surface area (Å²) in [6.07, 6.45) is 5.27. The Hall–Kier alpha value is -1.22. The Morgan fingerprint density at radius 2 is 2.22 bits per heavy atom. The van der Waals surface area contributed by atoms with E-state index in [-0.39, 0.29) is 0 Å². The molecule has 3 nitrogen and oxygen atoms in total. The van der Waals surface area contributed by atoms with Crippen molar-refractivity contribution in [1.29, 1.82) is 0 Å². The fourth-order valence-electron chi connectivity index (χ4n) is 2.85. The molecule has 1 unspecified atom stereocenters. The zero-order chi connectivity index (χ0) is 13.0. The van der Waals surface area contributed by atoms with E-state index in [4.69, 9.17) is 10.5 Å². The number of ether oxygens (including phenoxy) is 1. The number of hydrogen-bond acceptors (Lipinski definition) is 3. The standard InChI is InChI=1S/C15H24N2O/c1-3-13-6-4-5-9-17(13)11-12-7-8-15(18-2)14(16)10-12/h7-8,10,13H,3-6,9,11,16H2,1-2H3. The molecule has 1 aromatic carbocycles. The van der Waals surface area contributed by atoms with Gasteiger partial charge in [0.1, 0.15) is 5.75 Å². The molecule has 0 aliphatic carbocycles. The number of benzene rings is 1. The third-order valence-electron chi connectivity index (χ3n) is 3.90. The maximum atomic E-state index is 5.96. The summed E-state index contributed by atoms with van der Waals surface area (Å²) >= 11 is 0. The average Bonchev–Trinajstić information content (AvgIpc) is 2.39. The molecule has 0 saturated carbocycles. The predicted octanol–water partition coefficient (Wildman–Crippen LogP) is 3.04. The van der Waals surface area contributed by atoms with Gasteiger partial charge in [-0.3, -0.25) is 4.90 Å². The molecule has 0 bridgehead atoms. The molecule has 1 aliphatic rings. The van der Waals surface area contributed by atoms with Crippen LogP contribution in [0.5, 0.6) is 5.75 Å². The van der Waals surface area contributed by atoms with E-state index < -0.39 is 0 Å². The lowest BCUT2D eigenvalue weighted by molar-refractivity contribution is 0.136. The van der Waals surface area contributed by atoms with Crippen LogP contribution in [0.2, 0.25) is 0 Å². The average molecular weight is 248 g/mol. The third kappa shape index (κ3) is 2.96. The molecule has 1 fully saturated rings. The van der Waals surface area contributed by atoms with Crippen molar-refractivity contribution >= 4 is 5.69 Å². The molecule has 1 aromatic rings. The molecular formula is C15H24N2O. The van der Waals surface area contributed by atoms with E-state index in [1.165, 1.54) is 37.8 Å². The van der Waals surface area contributed by atoms with Gasteiger partial charge >= 0.3 is 0 Å². The highest BCUT2D eigenvalue weighted by Crippen LogP contribution is 2.25. The highest BCUT2D eigenvalue weighted by molar-refractivity contribution is 5.54. The molecule has 18 heavy (non-hydrogen) atoms. The quantitative estimate of drug-likeness (QED) is 0.832. The normalized spacial score (nSPS) is 20.9. The summed E-state index contributed by atoms with van der Waals surface area (Å²) < 4.78 is 5.19. The third-order valence-corrected chi connectivity index (χ3v) is 3.90. The Kier molecular flexibility index (Phi) is 4.48. The Balaban J connectivity index is 2.05. The van der Waals surface area contributed by atoms with Crippen LogP contribution in [0.4, 0.5) is 5.69 Å². The maximum Gasteiger partial charge on any atom is 0.141 e. The van der Waals surface area contributed by atoms with Crippen molar-refractivity contribution in [2.24, 2.45) is 0 Å². The molecule has 1 saturated heterocycles. The van der Waals surface area contributed by atoms with Crippen molar-refractivity contribution in [2.75, 3.05) is 19.4 Å². The van der Waals surface area contributed by atoms with Crippen LogP contribution < -0.4 is 10.5 Å². The number of methoxy groups -OCH3 is 1. The maximum absolute atomic E-state index is 5.96. The van der Waals surface area contributed by atoms with Crippen LogP contribution >= 0.6 is 0 Å². The molecule has 1 aliphatic heterocycles. The Labute approximate surface area is 110 Å². The second-order valence-electron chi connectivity index (χ2n) is 5.10. The number of nitrogens with zero attached hydrogens (tertiary/aromatic N) is 1. The van der Waals surface area contributed by atoms with E-state index >= 15 is 0 Å². The molecule has 3 heteroatoms. The molecule has 1 heterocycles. The van der Waals surface area contributed by atoms with Crippen molar-refractivity contribution < 1.29 is 4.74 Å². The first-order valence-corrected chi connectivity index (χ1v) is 6.91. The molecular weight excluding hydrogens is 224 g/mol. The first-order valence-electron chi connectivity index (χ1n) is 6.91. The minimum Gasteiger partial charge on any atom is -0.495 e. The molecule has 100 valence electrons. The fraction of sp³-hybridized carbons (Fsp3) is 0.600. The first-order chi connectivity index (χ1) is 8.74. The van der Waals surface area contributed by atoms with Crippen molar-refractivity contribution in [2.45, 2.75) is 45.2 Å². The number of likely N-dealkylation sites (tertiary alicyclic amines) is 1. The second kappa shape index (κ2) is 6.10. The summed E-state index contributed by atoms with van der Waals surface area (Å²) in [6.45, 7) is 4.50. The van der Waals surface area contributed by atoms with E-state index in [0.29, 0.717) is 0 Å². The highest BCUT2D eigenvalue weighted by Gasteiger charge is 2.20. The van der Waals surface area contributed by atoms with Gasteiger partial charge < -0.3 is 10.5 Å². The molecule has 0 radical (unpaired) electrons. The van der Waals surface area contributed by atoms with E-state index in [1.54, 1.807) is 7.11 Å². The number of anilines is 1. The zero-order valence-electron chi connectivity index (χ0n) is 11.5. The van der Waals surface area contributed by atoms with Gasteiger partial charge in [0.05, 0.1) is 12.8 Å². The Bertz CT molecular complexity index is 392. The predicted molar refractivity (Wildman–Crippen MR) is 75.7 cm³/mol. The lowest BCUT2D eigenvalue weighted by Gasteiger charge is -2.35. The van der Waals surface area contributed by atoms with Gasteiger partial charge in [-0.1, -0.05) is 19.4 Å². The van der Waals surface area contributed by atoms with Crippen LogP contribution in [0.1, 0.15) is 38.2 Å². The van der Waals surface area contributed by atoms with Gasteiger partial charge in [0.15, 0.2) is 0 Å². The van der Waals surface area contributed by atoms with Crippen molar-refractivity contribution in [3.8, 4) is 5.75 Å². The van der Waals surface area contributed by atoms with Gasteiger partial charge in [0.2, 0.25) is 0 Å². The number of nitrogen functional groups attached to an aromatic ring is 1. The molecule has 1 atom stereocenters. The van der Waals surface area contributed by atoms with Gasteiger partial charge in [-0.15, -0.1) is 0 Å². The number of rotatable bonds is 4. The molecule has 2 rings (SSSR count). The monoisotopic (exact) mass is 248 g/mol. The van der Waals surface area contributed by atoms with Crippen LogP contribution in [-0.2, 0) is 6.54 Å². The van der Waals surface area contributed by atoms with Gasteiger partial charge in [0.25, 0.3) is 0 Å².